The molecule has 0 bridgehead atoms. The van der Waals surface area contributed by atoms with Crippen LogP contribution in [0.15, 0.2) is 0 Å². The smallest absolute Gasteiger partial charge is 0.0902 e. The lowest BCUT2D eigenvalue weighted by molar-refractivity contribution is 0.0898. The second-order valence-electron chi connectivity index (χ2n) is 1.68. The third kappa shape index (κ3) is 5.92. The summed E-state index contributed by atoms with van der Waals surface area (Å²) in [6.07, 6.45) is 0.730. The van der Waals surface area contributed by atoms with Crippen molar-refractivity contribution in [1.29, 1.82) is 0 Å². The van der Waals surface area contributed by atoms with E-state index in [1.807, 2.05) is 0 Å². The number of aliphatic hydroxyl groups excluding tert-OH is 1. The van der Waals surface area contributed by atoms with E-state index in [0.29, 0.717) is 12.8 Å². The lowest BCUT2D eigenvalue weighted by atomic mass is 10.2. The highest BCUT2D eigenvalue weighted by Crippen LogP contribution is 1.93. The SMILES string of the molecule is CC([O])CCCO. The number of rotatable bonds is 3. The standard InChI is InChI=1S/C5H11O2/c1-5(7)3-2-4-6/h5-6H,2-4H2,1H3. The van der Waals surface area contributed by atoms with Crippen LogP contribution < -0.4 is 0 Å². The highest BCUT2D eigenvalue weighted by Gasteiger charge is 1.93. The molecule has 7 heavy (non-hydrogen) atoms. The van der Waals surface area contributed by atoms with Gasteiger partial charge in [0.2, 0.25) is 0 Å². The van der Waals surface area contributed by atoms with Gasteiger partial charge in [-0.3, -0.25) is 0 Å². The predicted octanol–water partition coefficient (Wildman–Crippen LogP) is 0.578. The Labute approximate surface area is 43.8 Å². The van der Waals surface area contributed by atoms with Gasteiger partial charge in [0.15, 0.2) is 0 Å². The third-order valence-corrected chi connectivity index (χ3v) is 0.769. The minimum absolute atomic E-state index is 0.145. The Morgan fingerprint density at radius 1 is 1.71 bits per heavy atom. The van der Waals surface area contributed by atoms with Crippen molar-refractivity contribution in [1.82, 2.24) is 0 Å². The molecule has 0 spiro atoms. The maximum atomic E-state index is 10.2. The second kappa shape index (κ2) is 4.09. The van der Waals surface area contributed by atoms with Crippen molar-refractivity contribution in [3.63, 3.8) is 0 Å². The van der Waals surface area contributed by atoms with Gasteiger partial charge in [0.25, 0.3) is 0 Å². The maximum Gasteiger partial charge on any atom is 0.0902 e. The molecule has 0 aliphatic rings. The van der Waals surface area contributed by atoms with E-state index in [1.54, 1.807) is 6.92 Å². The fraction of sp³-hybridized carbons (Fsp3) is 1.00. The summed E-state index contributed by atoms with van der Waals surface area (Å²) in [5.41, 5.74) is 0. The van der Waals surface area contributed by atoms with E-state index >= 15 is 0 Å². The van der Waals surface area contributed by atoms with Gasteiger partial charge in [-0.1, -0.05) is 0 Å². The van der Waals surface area contributed by atoms with Gasteiger partial charge in [-0.2, -0.15) is 0 Å². The first-order valence-electron chi connectivity index (χ1n) is 2.54. The van der Waals surface area contributed by atoms with Crippen LogP contribution in [0, 0.1) is 0 Å². The molecule has 0 aromatic rings. The normalized spacial score (nSPS) is 14.1. The first-order valence-corrected chi connectivity index (χ1v) is 2.54. The molecule has 2 nitrogen and oxygen atoms in total. The Kier molecular flexibility index (Phi) is 4.04. The van der Waals surface area contributed by atoms with E-state index < -0.39 is 6.10 Å². The molecule has 0 amide bonds. The summed E-state index contributed by atoms with van der Waals surface area (Å²) in [5.74, 6) is 0. The van der Waals surface area contributed by atoms with Crippen molar-refractivity contribution >= 4 is 0 Å². The average molecular weight is 103 g/mol. The molecule has 0 aromatic heterocycles. The van der Waals surface area contributed by atoms with E-state index in [2.05, 4.69) is 0 Å². The van der Waals surface area contributed by atoms with Crippen molar-refractivity contribution in [2.45, 2.75) is 25.9 Å². The molecule has 43 valence electrons. The third-order valence-electron chi connectivity index (χ3n) is 0.769. The van der Waals surface area contributed by atoms with E-state index in [9.17, 15) is 5.11 Å². The van der Waals surface area contributed by atoms with Crippen LogP contribution in [0.2, 0.25) is 0 Å². The van der Waals surface area contributed by atoms with Gasteiger partial charge in [-0.25, -0.2) is 5.11 Å². The molecular formula is C5H11O2. The van der Waals surface area contributed by atoms with Gasteiger partial charge < -0.3 is 5.11 Å². The monoisotopic (exact) mass is 103 g/mol. The lowest BCUT2D eigenvalue weighted by Crippen LogP contribution is -1.97. The average Bonchev–Trinajstić information content (AvgIpc) is 1.61. The van der Waals surface area contributed by atoms with Crippen molar-refractivity contribution in [2.75, 3.05) is 6.61 Å². The predicted molar refractivity (Wildman–Crippen MR) is 26.5 cm³/mol. The number of hydrogen-bond acceptors (Lipinski definition) is 1. The van der Waals surface area contributed by atoms with Crippen LogP contribution >= 0.6 is 0 Å². The van der Waals surface area contributed by atoms with E-state index in [1.165, 1.54) is 0 Å². The van der Waals surface area contributed by atoms with E-state index in [0.717, 1.165) is 0 Å². The van der Waals surface area contributed by atoms with Crippen molar-refractivity contribution in [3.8, 4) is 0 Å². The molecular weight excluding hydrogens is 92.1 g/mol. The van der Waals surface area contributed by atoms with Gasteiger partial charge >= 0.3 is 0 Å². The fourth-order valence-electron chi connectivity index (χ4n) is 0.379. The molecule has 1 N–H and O–H groups in total. The van der Waals surface area contributed by atoms with Crippen LogP contribution in [-0.4, -0.2) is 17.8 Å². The molecule has 1 atom stereocenters. The summed E-state index contributed by atoms with van der Waals surface area (Å²) in [5, 5.41) is 18.4. The molecule has 0 aliphatic carbocycles. The molecule has 2 heteroatoms. The lowest BCUT2D eigenvalue weighted by Gasteiger charge is -1.95. The highest BCUT2D eigenvalue weighted by molar-refractivity contribution is 4.43. The van der Waals surface area contributed by atoms with Crippen LogP contribution in [0.25, 0.3) is 0 Å². The molecule has 1 unspecified atom stereocenters. The molecule has 0 aliphatic heterocycles. The Bertz CT molecular complexity index is 35.1. The molecule has 0 saturated carbocycles. The Balaban J connectivity index is 2.68. The zero-order valence-electron chi connectivity index (χ0n) is 4.55. The number of hydrogen-bond donors (Lipinski definition) is 1. The van der Waals surface area contributed by atoms with Crippen LogP contribution in [0.5, 0.6) is 0 Å². The Hall–Kier alpha value is -0.0800. The van der Waals surface area contributed by atoms with Crippen LogP contribution in [0.3, 0.4) is 0 Å². The molecule has 0 rings (SSSR count). The molecule has 0 fully saturated rings. The van der Waals surface area contributed by atoms with Crippen molar-refractivity contribution in [3.05, 3.63) is 0 Å². The zero-order valence-corrected chi connectivity index (χ0v) is 4.55. The Morgan fingerprint density at radius 3 is 2.43 bits per heavy atom. The van der Waals surface area contributed by atoms with Crippen molar-refractivity contribution < 1.29 is 10.2 Å². The van der Waals surface area contributed by atoms with Crippen LogP contribution in [0.1, 0.15) is 19.8 Å². The molecule has 0 aromatic carbocycles. The summed E-state index contributed by atoms with van der Waals surface area (Å²) in [6, 6.07) is 0. The molecule has 0 saturated heterocycles. The largest absolute Gasteiger partial charge is 0.396 e. The first-order chi connectivity index (χ1) is 3.27. The summed E-state index contributed by atoms with van der Waals surface area (Å²) in [6.45, 7) is 1.75. The maximum absolute atomic E-state index is 10.2. The molecule has 1 radical (unpaired) electrons. The second-order valence-corrected chi connectivity index (χ2v) is 1.68. The van der Waals surface area contributed by atoms with Gasteiger partial charge in [-0.05, 0) is 19.8 Å². The van der Waals surface area contributed by atoms with E-state index in [4.69, 9.17) is 5.11 Å². The van der Waals surface area contributed by atoms with Gasteiger partial charge in [-0.15, -0.1) is 0 Å². The van der Waals surface area contributed by atoms with E-state index in [-0.39, 0.29) is 6.61 Å². The fourth-order valence-corrected chi connectivity index (χ4v) is 0.379. The quantitative estimate of drug-likeness (QED) is 0.557. The highest BCUT2D eigenvalue weighted by atomic mass is 16.3. The van der Waals surface area contributed by atoms with Crippen LogP contribution in [-0.2, 0) is 5.11 Å². The topological polar surface area (TPSA) is 40.1 Å². The number of aliphatic hydroxyl groups is 1. The minimum atomic E-state index is -0.507. The summed E-state index contributed by atoms with van der Waals surface area (Å²) in [4.78, 5) is 0. The summed E-state index contributed by atoms with van der Waals surface area (Å²) < 4.78 is 0. The van der Waals surface area contributed by atoms with Gasteiger partial charge in [0.1, 0.15) is 0 Å². The molecule has 0 heterocycles. The Morgan fingerprint density at radius 2 is 2.29 bits per heavy atom. The zero-order chi connectivity index (χ0) is 5.70. The summed E-state index contributed by atoms with van der Waals surface area (Å²) >= 11 is 0. The summed E-state index contributed by atoms with van der Waals surface area (Å²) in [7, 11) is 0. The van der Waals surface area contributed by atoms with Gasteiger partial charge in [0, 0.05) is 6.61 Å². The van der Waals surface area contributed by atoms with Crippen molar-refractivity contribution in [2.24, 2.45) is 0 Å². The minimum Gasteiger partial charge on any atom is -0.396 e. The van der Waals surface area contributed by atoms with Gasteiger partial charge in [0.05, 0.1) is 6.10 Å². The van der Waals surface area contributed by atoms with Crippen LogP contribution in [0.4, 0.5) is 0 Å². The first kappa shape index (κ1) is 6.92.